The highest BCUT2D eigenvalue weighted by molar-refractivity contribution is 6.32. The third-order valence-corrected chi connectivity index (χ3v) is 4.42. The number of para-hydroxylation sites is 1. The maximum Gasteiger partial charge on any atom is 0.128 e. The number of benzene rings is 1. The highest BCUT2D eigenvalue weighted by Crippen LogP contribution is 2.25. The zero-order chi connectivity index (χ0) is 16.4. The molecule has 2 heterocycles. The molecule has 0 unspecified atom stereocenters. The Bertz CT molecular complexity index is 822. The predicted octanol–water partition coefficient (Wildman–Crippen LogP) is 4.09. The van der Waals surface area contributed by atoms with Crippen LogP contribution in [0.4, 0.5) is 5.69 Å². The number of halogens is 2. The Morgan fingerprint density at radius 1 is 1.17 bits per heavy atom. The van der Waals surface area contributed by atoms with Crippen molar-refractivity contribution in [1.82, 2.24) is 19.3 Å². The Balaban J connectivity index is 1.87. The summed E-state index contributed by atoms with van der Waals surface area (Å²) >= 11 is 12.3. The van der Waals surface area contributed by atoms with Gasteiger partial charge in [0, 0.05) is 7.05 Å². The Kier molecular flexibility index (Phi) is 4.59. The van der Waals surface area contributed by atoms with Crippen molar-refractivity contribution in [2.45, 2.75) is 19.9 Å². The predicted molar refractivity (Wildman–Crippen MR) is 93.5 cm³/mol. The molecule has 3 rings (SSSR count). The summed E-state index contributed by atoms with van der Waals surface area (Å²) in [5.74, 6) is 0.863. The van der Waals surface area contributed by atoms with Gasteiger partial charge in [-0.05, 0) is 18.6 Å². The summed E-state index contributed by atoms with van der Waals surface area (Å²) in [5.41, 5.74) is 2.91. The molecule has 0 saturated heterocycles. The number of nitrogens with one attached hydrogen (secondary N) is 1. The van der Waals surface area contributed by atoms with Crippen LogP contribution in [-0.4, -0.2) is 19.3 Å². The van der Waals surface area contributed by atoms with Crippen molar-refractivity contribution in [2.75, 3.05) is 5.32 Å². The molecular formula is C16H17Cl2N5. The van der Waals surface area contributed by atoms with E-state index in [1.165, 1.54) is 0 Å². The fourth-order valence-corrected chi connectivity index (χ4v) is 2.82. The normalized spacial score (nSPS) is 11.0. The average molecular weight is 350 g/mol. The van der Waals surface area contributed by atoms with E-state index in [4.69, 9.17) is 23.2 Å². The molecule has 5 nitrogen and oxygen atoms in total. The minimum absolute atomic E-state index is 0.574. The maximum absolute atomic E-state index is 6.28. The van der Waals surface area contributed by atoms with Gasteiger partial charge in [-0.1, -0.05) is 42.3 Å². The molecule has 0 aliphatic heterocycles. The van der Waals surface area contributed by atoms with Crippen LogP contribution in [0.25, 0.3) is 5.69 Å². The number of nitrogens with zero attached hydrogens (tertiary/aromatic N) is 4. The quantitative estimate of drug-likeness (QED) is 0.754. The second-order valence-corrected chi connectivity index (χ2v) is 5.93. The van der Waals surface area contributed by atoms with E-state index in [0.29, 0.717) is 16.7 Å². The summed E-state index contributed by atoms with van der Waals surface area (Å²) in [6.07, 6.45) is 4.29. The number of hydrogen-bond donors (Lipinski definition) is 1. The first-order valence-corrected chi connectivity index (χ1v) is 8.09. The van der Waals surface area contributed by atoms with Crippen LogP contribution < -0.4 is 5.32 Å². The van der Waals surface area contributed by atoms with E-state index in [-0.39, 0.29) is 0 Å². The van der Waals surface area contributed by atoms with Crippen LogP contribution >= 0.6 is 23.2 Å². The topological polar surface area (TPSA) is 47.7 Å². The molecule has 0 aliphatic carbocycles. The molecule has 2 aromatic heterocycles. The van der Waals surface area contributed by atoms with Crippen LogP contribution in [0.2, 0.25) is 10.2 Å². The van der Waals surface area contributed by atoms with Crippen LogP contribution in [-0.2, 0) is 20.0 Å². The van der Waals surface area contributed by atoms with Gasteiger partial charge in [0.05, 0.1) is 41.0 Å². The number of anilines is 1. The molecule has 1 N–H and O–H groups in total. The Labute approximate surface area is 144 Å². The Morgan fingerprint density at radius 3 is 2.61 bits per heavy atom. The van der Waals surface area contributed by atoms with Gasteiger partial charge in [0.2, 0.25) is 0 Å². The number of aromatic nitrogens is 4. The van der Waals surface area contributed by atoms with Gasteiger partial charge in [0.25, 0.3) is 0 Å². The minimum atomic E-state index is 0.574. The van der Waals surface area contributed by atoms with Crippen molar-refractivity contribution < 1.29 is 0 Å². The molecule has 0 saturated carbocycles. The van der Waals surface area contributed by atoms with Gasteiger partial charge in [-0.2, -0.15) is 5.10 Å². The van der Waals surface area contributed by atoms with Gasteiger partial charge in [0.15, 0.2) is 0 Å². The van der Waals surface area contributed by atoms with Crippen LogP contribution in [0.15, 0.2) is 36.7 Å². The van der Waals surface area contributed by atoms with Crippen LogP contribution in [0.1, 0.15) is 18.4 Å². The van der Waals surface area contributed by atoms with Gasteiger partial charge in [-0.25, -0.2) is 9.67 Å². The van der Waals surface area contributed by atoms with E-state index in [9.17, 15) is 0 Å². The van der Waals surface area contributed by atoms with Crippen molar-refractivity contribution in [3.8, 4) is 5.69 Å². The number of imidazole rings is 1. The van der Waals surface area contributed by atoms with E-state index in [1.807, 2.05) is 46.8 Å². The van der Waals surface area contributed by atoms with E-state index < -0.39 is 0 Å². The van der Waals surface area contributed by atoms with E-state index in [2.05, 4.69) is 22.3 Å². The molecule has 0 spiro atoms. The van der Waals surface area contributed by atoms with Crippen molar-refractivity contribution in [2.24, 2.45) is 7.05 Å². The third kappa shape index (κ3) is 3.07. The lowest BCUT2D eigenvalue weighted by Crippen LogP contribution is -2.08. The summed E-state index contributed by atoms with van der Waals surface area (Å²) in [4.78, 5) is 4.29. The van der Waals surface area contributed by atoms with Crippen molar-refractivity contribution in [1.29, 1.82) is 0 Å². The van der Waals surface area contributed by atoms with Gasteiger partial charge in [-0.3, -0.25) is 0 Å². The monoisotopic (exact) mass is 349 g/mol. The number of rotatable bonds is 5. The molecule has 0 atom stereocenters. The summed E-state index contributed by atoms with van der Waals surface area (Å²) in [5, 5.41) is 9.14. The lowest BCUT2D eigenvalue weighted by molar-refractivity contribution is 0.804. The SMILES string of the molecule is CCc1c(NCc2ncc(Cl)n2C)cnn1-c1ccccc1Cl. The zero-order valence-electron chi connectivity index (χ0n) is 12.9. The average Bonchev–Trinajstić information content (AvgIpc) is 3.10. The smallest absolute Gasteiger partial charge is 0.128 e. The molecule has 0 amide bonds. The first kappa shape index (κ1) is 15.9. The van der Waals surface area contributed by atoms with Crippen molar-refractivity contribution in [3.05, 3.63) is 58.4 Å². The molecular weight excluding hydrogens is 333 g/mol. The first-order valence-electron chi connectivity index (χ1n) is 7.33. The van der Waals surface area contributed by atoms with Crippen LogP contribution in [0.5, 0.6) is 0 Å². The summed E-state index contributed by atoms with van der Waals surface area (Å²) in [7, 11) is 1.89. The van der Waals surface area contributed by atoms with Crippen molar-refractivity contribution in [3.63, 3.8) is 0 Å². The molecule has 1 aromatic carbocycles. The van der Waals surface area contributed by atoms with Crippen molar-refractivity contribution >= 4 is 28.9 Å². The van der Waals surface area contributed by atoms with Gasteiger partial charge in [-0.15, -0.1) is 0 Å². The lowest BCUT2D eigenvalue weighted by Gasteiger charge is -2.10. The Morgan fingerprint density at radius 2 is 1.96 bits per heavy atom. The van der Waals surface area contributed by atoms with Gasteiger partial charge < -0.3 is 9.88 Å². The molecule has 7 heteroatoms. The second-order valence-electron chi connectivity index (χ2n) is 5.13. The molecule has 3 aromatic rings. The Hall–Kier alpha value is -1.98. The highest BCUT2D eigenvalue weighted by atomic mass is 35.5. The van der Waals surface area contributed by atoms with E-state index in [1.54, 1.807) is 6.20 Å². The third-order valence-electron chi connectivity index (χ3n) is 3.75. The molecule has 0 bridgehead atoms. The standard InChI is InChI=1S/C16H17Cl2N5/c1-3-13-12(19-10-16-20-9-15(18)22(16)2)8-21-23(13)14-7-5-4-6-11(14)17/h4-9,19H,3,10H2,1-2H3. The molecule has 120 valence electrons. The van der Waals surface area contributed by atoms with E-state index >= 15 is 0 Å². The zero-order valence-corrected chi connectivity index (χ0v) is 14.4. The van der Waals surface area contributed by atoms with Crippen LogP contribution in [0.3, 0.4) is 0 Å². The first-order chi connectivity index (χ1) is 11.1. The number of hydrogen-bond acceptors (Lipinski definition) is 3. The van der Waals surface area contributed by atoms with E-state index in [0.717, 1.165) is 29.3 Å². The summed E-state index contributed by atoms with van der Waals surface area (Å²) in [6.45, 7) is 2.66. The maximum atomic E-state index is 6.28. The largest absolute Gasteiger partial charge is 0.375 e. The van der Waals surface area contributed by atoms with Gasteiger partial charge in [0.1, 0.15) is 11.0 Å². The molecule has 23 heavy (non-hydrogen) atoms. The lowest BCUT2D eigenvalue weighted by atomic mass is 10.2. The van der Waals surface area contributed by atoms with Gasteiger partial charge >= 0.3 is 0 Å². The summed E-state index contributed by atoms with van der Waals surface area (Å²) < 4.78 is 3.72. The minimum Gasteiger partial charge on any atom is -0.375 e. The highest BCUT2D eigenvalue weighted by Gasteiger charge is 2.13. The summed E-state index contributed by atoms with van der Waals surface area (Å²) in [6, 6.07) is 7.67. The fourth-order valence-electron chi connectivity index (χ4n) is 2.46. The molecule has 0 radical (unpaired) electrons. The second kappa shape index (κ2) is 6.64. The van der Waals surface area contributed by atoms with Crippen LogP contribution in [0, 0.1) is 0 Å². The fraction of sp³-hybridized carbons (Fsp3) is 0.250. The molecule has 0 aliphatic rings. The molecule has 0 fully saturated rings.